The van der Waals surface area contributed by atoms with Crippen LogP contribution in [0.2, 0.25) is 0 Å². The van der Waals surface area contributed by atoms with Crippen molar-refractivity contribution in [3.8, 4) is 0 Å². The van der Waals surface area contributed by atoms with E-state index in [1.807, 2.05) is 6.92 Å². The van der Waals surface area contributed by atoms with Gasteiger partial charge in [-0.05, 0) is 6.92 Å². The molecule has 0 fully saturated rings. The van der Waals surface area contributed by atoms with Crippen LogP contribution in [-0.4, -0.2) is 20.2 Å². The molecular formula is C9H11N5O. The van der Waals surface area contributed by atoms with E-state index in [9.17, 15) is 4.79 Å². The molecule has 6 nitrogen and oxygen atoms in total. The molecule has 0 amide bonds. The van der Waals surface area contributed by atoms with Crippen LogP contribution >= 0.6 is 0 Å². The number of nitrogens with zero attached hydrogens (tertiary/aromatic N) is 2. The Morgan fingerprint density at radius 2 is 2.40 bits per heavy atom. The fraction of sp³-hybridized carbons (Fsp3) is 0.222. The summed E-state index contributed by atoms with van der Waals surface area (Å²) in [7, 11) is 0. The maximum atomic E-state index is 11.3. The molecule has 78 valence electrons. The van der Waals surface area contributed by atoms with E-state index in [0.717, 1.165) is 11.3 Å². The predicted molar refractivity (Wildman–Crippen MR) is 55.5 cm³/mol. The highest BCUT2D eigenvalue weighted by Gasteiger charge is 2.02. The Morgan fingerprint density at radius 1 is 1.53 bits per heavy atom. The molecule has 3 N–H and O–H groups in total. The number of H-pyrrole nitrogens is 2. The Balaban J connectivity index is 2.09. The Hall–Kier alpha value is -2.11. The summed E-state index contributed by atoms with van der Waals surface area (Å²) in [5.74, 6) is 0.318. The van der Waals surface area contributed by atoms with Crippen LogP contribution in [0, 0.1) is 6.92 Å². The number of aryl methyl sites for hydroxylation is 1. The van der Waals surface area contributed by atoms with Gasteiger partial charge in [-0.15, -0.1) is 0 Å². The molecule has 0 atom stereocenters. The molecule has 0 aliphatic carbocycles. The number of aromatic nitrogens is 4. The predicted octanol–water partition coefficient (Wildman–Crippen LogP) is 0.414. The van der Waals surface area contributed by atoms with Gasteiger partial charge in [0.1, 0.15) is 0 Å². The van der Waals surface area contributed by atoms with E-state index >= 15 is 0 Å². The van der Waals surface area contributed by atoms with E-state index in [4.69, 9.17) is 0 Å². The van der Waals surface area contributed by atoms with Crippen LogP contribution in [0.5, 0.6) is 0 Å². The Labute approximate surface area is 85.8 Å². The Kier molecular flexibility index (Phi) is 2.49. The van der Waals surface area contributed by atoms with Gasteiger partial charge in [0, 0.05) is 30.2 Å². The van der Waals surface area contributed by atoms with Crippen molar-refractivity contribution in [2.24, 2.45) is 0 Å². The fourth-order valence-corrected chi connectivity index (χ4v) is 1.21. The molecule has 15 heavy (non-hydrogen) atoms. The van der Waals surface area contributed by atoms with E-state index in [-0.39, 0.29) is 5.56 Å². The smallest absolute Gasteiger partial charge is 0.290 e. The number of rotatable bonds is 3. The van der Waals surface area contributed by atoms with Crippen LogP contribution in [-0.2, 0) is 6.54 Å². The van der Waals surface area contributed by atoms with Gasteiger partial charge in [0.15, 0.2) is 5.82 Å². The minimum absolute atomic E-state index is 0.223. The molecule has 0 bridgehead atoms. The molecule has 2 aromatic heterocycles. The normalized spacial score (nSPS) is 10.2. The zero-order chi connectivity index (χ0) is 10.7. The third kappa shape index (κ3) is 2.04. The monoisotopic (exact) mass is 205 g/mol. The minimum atomic E-state index is -0.223. The molecule has 0 spiro atoms. The van der Waals surface area contributed by atoms with E-state index in [1.54, 1.807) is 6.20 Å². The van der Waals surface area contributed by atoms with E-state index in [2.05, 4.69) is 25.5 Å². The average Bonchev–Trinajstić information content (AvgIpc) is 2.63. The minimum Gasteiger partial charge on any atom is -0.361 e. The quantitative estimate of drug-likeness (QED) is 0.677. The highest BCUT2D eigenvalue weighted by molar-refractivity contribution is 5.32. The van der Waals surface area contributed by atoms with Crippen molar-refractivity contribution in [3.63, 3.8) is 0 Å². The summed E-state index contributed by atoms with van der Waals surface area (Å²) < 4.78 is 0. The van der Waals surface area contributed by atoms with Gasteiger partial charge in [0.25, 0.3) is 5.56 Å². The van der Waals surface area contributed by atoms with Crippen molar-refractivity contribution < 1.29 is 0 Å². The number of hydrogen-bond acceptors (Lipinski definition) is 4. The first-order valence-corrected chi connectivity index (χ1v) is 4.54. The second-order valence-electron chi connectivity index (χ2n) is 3.14. The van der Waals surface area contributed by atoms with Crippen molar-refractivity contribution >= 4 is 5.82 Å². The van der Waals surface area contributed by atoms with Crippen molar-refractivity contribution in [2.75, 3.05) is 5.32 Å². The summed E-state index contributed by atoms with van der Waals surface area (Å²) in [6, 6.07) is 0. The van der Waals surface area contributed by atoms with Gasteiger partial charge in [0.2, 0.25) is 0 Å². The maximum Gasteiger partial charge on any atom is 0.290 e. The Bertz CT molecular complexity index is 501. The standard InChI is InChI=1S/C9H11N5O/c1-6-7(5-13-14-6)4-12-8-9(15)11-3-2-10-8/h2-3,5H,4H2,1H3,(H,10,12)(H,11,15)(H,13,14). The van der Waals surface area contributed by atoms with Crippen LogP contribution in [0.3, 0.4) is 0 Å². The van der Waals surface area contributed by atoms with E-state index in [0.29, 0.717) is 12.4 Å². The zero-order valence-electron chi connectivity index (χ0n) is 8.24. The lowest BCUT2D eigenvalue weighted by Crippen LogP contribution is -2.15. The molecule has 2 heterocycles. The van der Waals surface area contributed by atoms with Gasteiger partial charge in [-0.1, -0.05) is 0 Å². The van der Waals surface area contributed by atoms with Crippen molar-refractivity contribution in [2.45, 2.75) is 13.5 Å². The van der Waals surface area contributed by atoms with E-state index < -0.39 is 0 Å². The van der Waals surface area contributed by atoms with Crippen LogP contribution in [0.15, 0.2) is 23.4 Å². The van der Waals surface area contributed by atoms with Crippen LogP contribution in [0.25, 0.3) is 0 Å². The molecule has 2 aromatic rings. The molecule has 0 aliphatic heterocycles. The molecule has 0 saturated carbocycles. The summed E-state index contributed by atoms with van der Waals surface area (Å²) in [6.45, 7) is 2.45. The second kappa shape index (κ2) is 3.95. The van der Waals surface area contributed by atoms with Gasteiger partial charge in [-0.25, -0.2) is 4.98 Å². The van der Waals surface area contributed by atoms with Crippen molar-refractivity contribution in [1.29, 1.82) is 0 Å². The van der Waals surface area contributed by atoms with Crippen molar-refractivity contribution in [1.82, 2.24) is 20.2 Å². The first kappa shape index (κ1) is 9.45. The third-order valence-electron chi connectivity index (χ3n) is 2.09. The highest BCUT2D eigenvalue weighted by atomic mass is 16.1. The lowest BCUT2D eigenvalue weighted by atomic mass is 10.3. The molecule has 2 rings (SSSR count). The lowest BCUT2D eigenvalue weighted by molar-refractivity contribution is 1.03. The fourth-order valence-electron chi connectivity index (χ4n) is 1.21. The number of nitrogens with one attached hydrogen (secondary N) is 3. The third-order valence-corrected chi connectivity index (χ3v) is 2.09. The highest BCUT2D eigenvalue weighted by Crippen LogP contribution is 2.04. The molecule has 0 aliphatic rings. The van der Waals surface area contributed by atoms with Crippen LogP contribution in [0.1, 0.15) is 11.3 Å². The van der Waals surface area contributed by atoms with Crippen LogP contribution < -0.4 is 10.9 Å². The summed E-state index contributed by atoms with van der Waals surface area (Å²) in [5, 5.41) is 9.65. The van der Waals surface area contributed by atoms with E-state index in [1.165, 1.54) is 12.4 Å². The SMILES string of the molecule is Cc1[nH]ncc1CNc1ncc[nH]c1=O. The average molecular weight is 205 g/mol. The lowest BCUT2D eigenvalue weighted by Gasteiger charge is -2.02. The second-order valence-corrected chi connectivity index (χ2v) is 3.14. The van der Waals surface area contributed by atoms with Gasteiger partial charge in [-0.2, -0.15) is 5.10 Å². The van der Waals surface area contributed by atoms with Gasteiger partial charge in [0.05, 0.1) is 6.20 Å². The Morgan fingerprint density at radius 3 is 3.07 bits per heavy atom. The molecule has 6 heteroatoms. The topological polar surface area (TPSA) is 86.5 Å². The zero-order valence-corrected chi connectivity index (χ0v) is 8.24. The molecule has 0 aromatic carbocycles. The number of hydrogen-bond donors (Lipinski definition) is 3. The largest absolute Gasteiger partial charge is 0.361 e. The summed E-state index contributed by atoms with van der Waals surface area (Å²) in [5.41, 5.74) is 1.77. The first-order chi connectivity index (χ1) is 7.27. The van der Waals surface area contributed by atoms with Crippen LogP contribution in [0.4, 0.5) is 5.82 Å². The summed E-state index contributed by atoms with van der Waals surface area (Å²) in [4.78, 5) is 17.7. The number of anilines is 1. The summed E-state index contributed by atoms with van der Waals surface area (Å²) >= 11 is 0. The molecule has 0 radical (unpaired) electrons. The van der Waals surface area contributed by atoms with Gasteiger partial charge >= 0.3 is 0 Å². The number of aromatic amines is 2. The maximum absolute atomic E-state index is 11.3. The molecule has 0 unspecified atom stereocenters. The van der Waals surface area contributed by atoms with Gasteiger partial charge in [-0.3, -0.25) is 9.89 Å². The van der Waals surface area contributed by atoms with Gasteiger partial charge < -0.3 is 10.3 Å². The molecular weight excluding hydrogens is 194 g/mol. The van der Waals surface area contributed by atoms with Crippen molar-refractivity contribution in [3.05, 3.63) is 40.2 Å². The summed E-state index contributed by atoms with van der Waals surface area (Å²) in [6.07, 6.45) is 4.75. The molecule has 0 saturated heterocycles. The first-order valence-electron chi connectivity index (χ1n) is 4.54.